The number of H-pyrrole nitrogens is 1. The van der Waals surface area contributed by atoms with Crippen molar-refractivity contribution in [3.05, 3.63) is 84.1 Å². The summed E-state index contributed by atoms with van der Waals surface area (Å²) >= 11 is 1.56. The number of carbonyl (C=O) groups excluding carboxylic acids is 2. The van der Waals surface area contributed by atoms with E-state index in [1.807, 2.05) is 30.5 Å². The Balaban J connectivity index is 1.42. The smallest absolute Gasteiger partial charge is 0.328 e. The van der Waals surface area contributed by atoms with Gasteiger partial charge in [-0.15, -0.1) is 11.8 Å². The lowest BCUT2D eigenvalue weighted by molar-refractivity contribution is -0.152. The maximum Gasteiger partial charge on any atom is 0.328 e. The van der Waals surface area contributed by atoms with E-state index in [0.29, 0.717) is 12.2 Å². The van der Waals surface area contributed by atoms with E-state index < -0.39 is 12.0 Å². The molecular formula is C29H27N3O3S. The van der Waals surface area contributed by atoms with Gasteiger partial charge in [-0.25, -0.2) is 4.79 Å². The molecule has 6 nitrogen and oxygen atoms in total. The second-order valence-corrected chi connectivity index (χ2v) is 10.2. The quantitative estimate of drug-likeness (QED) is 0.308. The summed E-state index contributed by atoms with van der Waals surface area (Å²) in [6.45, 7) is 3.03. The number of carbonyl (C=O) groups is 2. The van der Waals surface area contributed by atoms with Crippen LogP contribution in [-0.4, -0.2) is 45.2 Å². The lowest BCUT2D eigenvalue weighted by Crippen LogP contribution is -2.45. The van der Waals surface area contributed by atoms with Crippen LogP contribution in [0.15, 0.2) is 72.9 Å². The van der Waals surface area contributed by atoms with Crippen LogP contribution in [0.25, 0.3) is 32.7 Å². The molecule has 5 aromatic rings. The molecule has 3 heterocycles. The van der Waals surface area contributed by atoms with Crippen LogP contribution in [0.5, 0.6) is 0 Å². The Morgan fingerprint density at radius 3 is 2.61 bits per heavy atom. The maximum absolute atomic E-state index is 13.2. The summed E-state index contributed by atoms with van der Waals surface area (Å²) in [6, 6.07) is 22.1. The number of rotatable bonds is 6. The van der Waals surface area contributed by atoms with Crippen LogP contribution in [0, 0.1) is 0 Å². The van der Waals surface area contributed by atoms with Gasteiger partial charge in [0.1, 0.15) is 11.4 Å². The lowest BCUT2D eigenvalue weighted by Gasteiger charge is -2.31. The highest BCUT2D eigenvalue weighted by atomic mass is 32.2. The highest BCUT2D eigenvalue weighted by molar-refractivity contribution is 8.00. The molecule has 3 aromatic carbocycles. The fourth-order valence-electron chi connectivity index (χ4n) is 5.54. The molecule has 0 radical (unpaired) electrons. The van der Waals surface area contributed by atoms with E-state index in [9.17, 15) is 9.59 Å². The number of esters is 1. The van der Waals surface area contributed by atoms with Gasteiger partial charge in [-0.3, -0.25) is 4.79 Å². The molecule has 1 N–H and O–H groups in total. The van der Waals surface area contributed by atoms with E-state index >= 15 is 0 Å². The number of nitrogens with zero attached hydrogens (tertiary/aromatic N) is 2. The first-order chi connectivity index (χ1) is 17.6. The molecule has 2 atom stereocenters. The molecule has 0 saturated carbocycles. The molecule has 36 heavy (non-hydrogen) atoms. The highest BCUT2D eigenvalue weighted by Crippen LogP contribution is 2.43. The summed E-state index contributed by atoms with van der Waals surface area (Å²) in [4.78, 5) is 31.3. The predicted octanol–water partition coefficient (Wildman–Crippen LogP) is 5.65. The van der Waals surface area contributed by atoms with Crippen molar-refractivity contribution >= 4 is 56.3 Å². The molecule has 0 bridgehead atoms. The summed E-state index contributed by atoms with van der Waals surface area (Å²) < 4.78 is 7.52. The van der Waals surface area contributed by atoms with Crippen LogP contribution in [-0.2, 0) is 27.3 Å². The molecule has 2 aromatic heterocycles. The summed E-state index contributed by atoms with van der Waals surface area (Å²) in [5.74, 6) is -0.109. The second kappa shape index (κ2) is 9.06. The van der Waals surface area contributed by atoms with Crippen molar-refractivity contribution in [1.82, 2.24) is 14.5 Å². The van der Waals surface area contributed by atoms with Gasteiger partial charge in [-0.05, 0) is 42.3 Å². The molecule has 0 spiro atoms. The summed E-state index contributed by atoms with van der Waals surface area (Å²) in [5.41, 5.74) is 5.39. The molecule has 1 aliphatic rings. The number of aromatic amines is 1. The maximum atomic E-state index is 13.2. The van der Waals surface area contributed by atoms with E-state index in [0.717, 1.165) is 34.0 Å². The van der Waals surface area contributed by atoms with Gasteiger partial charge in [0.05, 0.1) is 12.9 Å². The zero-order valence-corrected chi connectivity index (χ0v) is 21.0. The molecule has 2 unspecified atom stereocenters. The van der Waals surface area contributed by atoms with Gasteiger partial charge in [0, 0.05) is 51.9 Å². The minimum absolute atomic E-state index is 0.0451. The first kappa shape index (κ1) is 22.7. The zero-order valence-electron chi connectivity index (χ0n) is 20.2. The molecule has 7 heteroatoms. The Morgan fingerprint density at radius 1 is 1.06 bits per heavy atom. The average molecular weight is 498 g/mol. The predicted molar refractivity (Wildman–Crippen MR) is 145 cm³/mol. The van der Waals surface area contributed by atoms with Crippen molar-refractivity contribution in [2.45, 2.75) is 31.3 Å². The number of ether oxygens (including phenoxy) is 1. The Bertz CT molecular complexity index is 1620. The first-order valence-electron chi connectivity index (χ1n) is 12.2. The van der Waals surface area contributed by atoms with Crippen molar-refractivity contribution < 1.29 is 14.3 Å². The Hall–Kier alpha value is -3.71. The van der Waals surface area contributed by atoms with Gasteiger partial charge in [0.15, 0.2) is 0 Å². The van der Waals surface area contributed by atoms with Crippen LogP contribution >= 0.6 is 11.8 Å². The van der Waals surface area contributed by atoms with E-state index in [4.69, 9.17) is 4.74 Å². The Labute approximate surface area is 213 Å². The number of aromatic nitrogens is 2. The Kier molecular flexibility index (Phi) is 5.72. The number of methoxy groups -OCH3 is 1. The molecule has 1 amide bonds. The van der Waals surface area contributed by atoms with Crippen LogP contribution < -0.4 is 0 Å². The number of hydrogen-bond donors (Lipinski definition) is 1. The number of hydrogen-bond acceptors (Lipinski definition) is 4. The Morgan fingerprint density at radius 2 is 1.81 bits per heavy atom. The molecule has 1 aliphatic heterocycles. The van der Waals surface area contributed by atoms with Gasteiger partial charge >= 0.3 is 5.97 Å². The second-order valence-electron chi connectivity index (χ2n) is 9.10. The fourth-order valence-corrected chi connectivity index (χ4v) is 6.75. The van der Waals surface area contributed by atoms with E-state index in [2.05, 4.69) is 58.9 Å². The molecule has 182 valence electrons. The summed E-state index contributed by atoms with van der Waals surface area (Å²) in [5, 5.41) is 3.15. The van der Waals surface area contributed by atoms with Gasteiger partial charge in [-0.2, -0.15) is 0 Å². The molecule has 1 fully saturated rings. The van der Waals surface area contributed by atoms with Gasteiger partial charge < -0.3 is 19.2 Å². The number of aryl methyl sites for hydroxylation is 1. The van der Waals surface area contributed by atoms with Crippen molar-refractivity contribution in [3.8, 4) is 0 Å². The third-order valence-electron chi connectivity index (χ3n) is 7.20. The number of benzene rings is 3. The third-order valence-corrected chi connectivity index (χ3v) is 8.43. The standard InChI is InChI=1S/C29H27N3O3S/c1-3-31-24-11-7-5-9-21(24)22-14-18(12-13-25(22)31)28-32(27(33)17-36-28)26(29(34)35-2)15-19-16-30-23-10-6-4-8-20(19)23/h4-14,16,26,28,30H,3,15,17H2,1-2H3. The van der Waals surface area contributed by atoms with E-state index in [1.54, 1.807) is 16.7 Å². The summed E-state index contributed by atoms with van der Waals surface area (Å²) in [7, 11) is 1.39. The van der Waals surface area contributed by atoms with Crippen LogP contribution in [0.2, 0.25) is 0 Å². The zero-order chi connectivity index (χ0) is 24.8. The highest BCUT2D eigenvalue weighted by Gasteiger charge is 2.42. The van der Waals surface area contributed by atoms with Crippen molar-refractivity contribution in [2.24, 2.45) is 0 Å². The first-order valence-corrected chi connectivity index (χ1v) is 13.2. The van der Waals surface area contributed by atoms with Crippen molar-refractivity contribution in [3.63, 3.8) is 0 Å². The minimum atomic E-state index is -0.714. The normalized spacial score (nSPS) is 16.9. The average Bonchev–Trinajstić information content (AvgIpc) is 3.59. The van der Waals surface area contributed by atoms with Crippen LogP contribution in [0.4, 0.5) is 0 Å². The number of fused-ring (bicyclic) bond motifs is 4. The molecule has 0 aliphatic carbocycles. The topological polar surface area (TPSA) is 67.3 Å². The number of nitrogens with one attached hydrogen (secondary N) is 1. The lowest BCUT2D eigenvalue weighted by atomic mass is 10.0. The number of para-hydroxylation sites is 2. The molecular weight excluding hydrogens is 470 g/mol. The number of amides is 1. The van der Waals surface area contributed by atoms with Gasteiger partial charge in [-0.1, -0.05) is 42.5 Å². The minimum Gasteiger partial charge on any atom is -0.467 e. The van der Waals surface area contributed by atoms with Crippen molar-refractivity contribution in [1.29, 1.82) is 0 Å². The van der Waals surface area contributed by atoms with Crippen molar-refractivity contribution in [2.75, 3.05) is 12.9 Å². The SMILES string of the molecule is CCn1c2ccccc2c2cc(C3SCC(=O)N3C(Cc3c[nH]c4ccccc34)C(=O)OC)ccc21. The van der Waals surface area contributed by atoms with E-state index in [-0.39, 0.29) is 11.3 Å². The van der Waals surface area contributed by atoms with Gasteiger partial charge in [0.2, 0.25) is 5.91 Å². The van der Waals surface area contributed by atoms with Crippen LogP contribution in [0.3, 0.4) is 0 Å². The van der Waals surface area contributed by atoms with Crippen LogP contribution in [0.1, 0.15) is 23.4 Å². The number of thioether (sulfide) groups is 1. The fraction of sp³-hybridized carbons (Fsp3) is 0.241. The van der Waals surface area contributed by atoms with Gasteiger partial charge in [0.25, 0.3) is 0 Å². The summed E-state index contributed by atoms with van der Waals surface area (Å²) in [6.07, 6.45) is 2.31. The monoisotopic (exact) mass is 497 g/mol. The molecule has 1 saturated heterocycles. The molecule has 6 rings (SSSR count). The largest absolute Gasteiger partial charge is 0.467 e. The van der Waals surface area contributed by atoms with E-state index in [1.165, 1.54) is 23.5 Å². The third kappa shape index (κ3) is 3.57.